The van der Waals surface area contributed by atoms with Crippen LogP contribution in [0, 0.1) is 0 Å². The van der Waals surface area contributed by atoms with Crippen molar-refractivity contribution in [3.63, 3.8) is 0 Å². The van der Waals surface area contributed by atoms with Crippen molar-refractivity contribution < 1.29 is 87.9 Å². The molecule has 0 aliphatic heterocycles. The van der Waals surface area contributed by atoms with Gasteiger partial charge in [-0.3, -0.25) is 9.11 Å². The van der Waals surface area contributed by atoms with Gasteiger partial charge in [-0.15, -0.1) is 0 Å². The molecule has 122 valence electrons. The van der Waals surface area contributed by atoms with E-state index < -0.39 is 30.0 Å². The summed E-state index contributed by atoms with van der Waals surface area (Å²) in [5.74, 6) is 0. The van der Waals surface area contributed by atoms with Crippen LogP contribution in [-0.4, -0.2) is 25.9 Å². The van der Waals surface area contributed by atoms with E-state index in [0.717, 1.165) is 12.1 Å². The summed E-state index contributed by atoms with van der Waals surface area (Å²) in [5.41, 5.74) is 10.8. The van der Waals surface area contributed by atoms with Crippen molar-refractivity contribution in [3.8, 4) is 11.1 Å². The van der Waals surface area contributed by atoms with E-state index in [1.807, 2.05) is 0 Å². The van der Waals surface area contributed by atoms with Crippen LogP contribution in [0.25, 0.3) is 11.1 Å². The predicted molar refractivity (Wildman–Crippen MR) is 82.6 cm³/mol. The van der Waals surface area contributed by atoms with Gasteiger partial charge >= 0.3 is 59.1 Å². The molecular weight excluding hydrogens is 378 g/mol. The Kier molecular flexibility index (Phi) is 8.45. The van der Waals surface area contributed by atoms with Crippen molar-refractivity contribution in [2.45, 2.75) is 9.79 Å². The summed E-state index contributed by atoms with van der Waals surface area (Å²) in [6.45, 7) is 0. The molecule has 0 spiro atoms. The summed E-state index contributed by atoms with van der Waals surface area (Å²) in [6.07, 6.45) is 0. The molecule has 12 heteroatoms. The molecule has 2 aromatic carbocycles. The van der Waals surface area contributed by atoms with Gasteiger partial charge in [0.25, 0.3) is 20.2 Å². The van der Waals surface area contributed by atoms with Crippen molar-refractivity contribution >= 4 is 31.6 Å². The van der Waals surface area contributed by atoms with Crippen LogP contribution in [0.15, 0.2) is 46.2 Å². The van der Waals surface area contributed by atoms with Crippen LogP contribution in [0.4, 0.5) is 11.4 Å². The van der Waals surface area contributed by atoms with Gasteiger partial charge in [0.1, 0.15) is 9.79 Å². The van der Waals surface area contributed by atoms with Crippen molar-refractivity contribution in [2.24, 2.45) is 0 Å². The number of hydrogen-bond donors (Lipinski definition) is 4. The maximum atomic E-state index is 11.5. The molecule has 0 saturated heterocycles. The minimum absolute atomic E-state index is 0. The smallest absolute Gasteiger partial charge is 1.00 e. The van der Waals surface area contributed by atoms with Crippen molar-refractivity contribution in [2.75, 3.05) is 11.5 Å². The second-order valence-electron chi connectivity index (χ2n) is 4.46. The number of nitrogens with two attached hydrogens (primary N) is 2. The van der Waals surface area contributed by atoms with Crippen molar-refractivity contribution in [1.82, 2.24) is 0 Å². The second kappa shape index (κ2) is 8.49. The molecule has 0 amide bonds. The van der Waals surface area contributed by atoms with Crippen LogP contribution in [0.1, 0.15) is 2.85 Å². The van der Waals surface area contributed by atoms with Crippen LogP contribution in [0.2, 0.25) is 0 Å². The Balaban J connectivity index is -0.00000132. The first-order chi connectivity index (χ1) is 10.00. The Morgan fingerprint density at radius 2 is 1.00 bits per heavy atom. The van der Waals surface area contributed by atoms with Gasteiger partial charge in [0.15, 0.2) is 0 Å². The summed E-state index contributed by atoms with van der Waals surface area (Å²) in [6, 6.07) is 7.06. The van der Waals surface area contributed by atoms with E-state index in [1.54, 1.807) is 0 Å². The number of benzene rings is 2. The minimum atomic E-state index is -4.66. The van der Waals surface area contributed by atoms with Crippen LogP contribution < -0.4 is 70.6 Å². The van der Waals surface area contributed by atoms with E-state index in [0.29, 0.717) is 0 Å². The molecule has 0 heterocycles. The molecular formula is C12H14N2Na2O6S2. The summed E-state index contributed by atoms with van der Waals surface area (Å²) in [5, 5.41) is 0. The van der Waals surface area contributed by atoms with Crippen LogP contribution in [0.5, 0.6) is 0 Å². The van der Waals surface area contributed by atoms with Gasteiger partial charge in [-0.05, 0) is 24.3 Å². The Morgan fingerprint density at radius 1 is 0.708 bits per heavy atom. The summed E-state index contributed by atoms with van der Waals surface area (Å²) in [7, 11) is -9.33. The number of anilines is 2. The quantitative estimate of drug-likeness (QED) is 0.230. The van der Waals surface area contributed by atoms with Gasteiger partial charge in [-0.2, -0.15) is 16.8 Å². The maximum absolute atomic E-state index is 11.5. The molecule has 6 N–H and O–H groups in total. The summed E-state index contributed by atoms with van der Waals surface area (Å²) < 4.78 is 64.4. The van der Waals surface area contributed by atoms with E-state index in [2.05, 4.69) is 0 Å². The normalized spacial score (nSPS) is 11.2. The molecule has 8 nitrogen and oxygen atoms in total. The van der Waals surface area contributed by atoms with Crippen molar-refractivity contribution in [1.29, 1.82) is 0 Å². The molecule has 0 bridgehead atoms. The van der Waals surface area contributed by atoms with Gasteiger partial charge in [0.2, 0.25) is 0 Å². The average molecular weight is 392 g/mol. The topological polar surface area (TPSA) is 161 Å². The molecule has 0 aromatic heterocycles. The molecule has 0 aliphatic rings. The zero-order chi connectivity index (χ0) is 16.7. The fourth-order valence-electron chi connectivity index (χ4n) is 1.95. The van der Waals surface area contributed by atoms with Crippen LogP contribution in [-0.2, 0) is 20.2 Å². The molecule has 0 aliphatic carbocycles. The Bertz CT molecular complexity index is 892. The van der Waals surface area contributed by atoms with E-state index in [1.165, 1.54) is 24.3 Å². The fourth-order valence-corrected chi connectivity index (χ4v) is 3.43. The number of nitrogen functional groups attached to an aromatic ring is 2. The molecule has 0 saturated carbocycles. The molecule has 0 fully saturated rings. The number of hydrogen-bond acceptors (Lipinski definition) is 6. The van der Waals surface area contributed by atoms with Gasteiger partial charge in [0, 0.05) is 22.5 Å². The SMILES string of the molecule is Nc1ccc(-c2ccc(N)cc2S(=O)(=O)O)c(S(=O)(=O)O)c1.[H-].[H-].[Na+].[Na+]. The van der Waals surface area contributed by atoms with Crippen LogP contribution in [0.3, 0.4) is 0 Å². The van der Waals surface area contributed by atoms with E-state index in [9.17, 15) is 25.9 Å². The predicted octanol–water partition coefficient (Wildman–Crippen LogP) is -4.76. The third kappa shape index (κ3) is 5.43. The minimum Gasteiger partial charge on any atom is -1.00 e. The second-order valence-corrected chi connectivity index (χ2v) is 7.24. The average Bonchev–Trinajstić information content (AvgIpc) is 2.37. The van der Waals surface area contributed by atoms with E-state index in [-0.39, 0.29) is 84.5 Å². The number of rotatable bonds is 3. The van der Waals surface area contributed by atoms with Crippen molar-refractivity contribution in [3.05, 3.63) is 36.4 Å². The van der Waals surface area contributed by atoms with E-state index >= 15 is 0 Å². The molecule has 0 radical (unpaired) electrons. The van der Waals surface area contributed by atoms with E-state index in [4.69, 9.17) is 11.5 Å². The standard InChI is InChI=1S/C12H12N2O6S2.2Na.2H/c13-7-1-3-9(11(5-7)21(15,16)17)10-4-2-8(14)6-12(10)22(18,19)20;;;;/h1-6H,13-14H2,(H,15,16,17)(H,18,19,20);;;;/q;2*+1;2*-1. The van der Waals surface area contributed by atoms with Gasteiger partial charge in [0.05, 0.1) is 0 Å². The molecule has 24 heavy (non-hydrogen) atoms. The molecule has 0 unspecified atom stereocenters. The first-order valence-corrected chi connectivity index (χ1v) is 8.62. The Hall–Kier alpha value is -0.140. The first-order valence-electron chi connectivity index (χ1n) is 5.74. The van der Waals surface area contributed by atoms with Gasteiger partial charge in [-0.25, -0.2) is 0 Å². The summed E-state index contributed by atoms with van der Waals surface area (Å²) >= 11 is 0. The largest absolute Gasteiger partial charge is 1.00 e. The fraction of sp³-hybridized carbons (Fsp3) is 0. The third-order valence-electron chi connectivity index (χ3n) is 2.86. The summed E-state index contributed by atoms with van der Waals surface area (Å²) in [4.78, 5) is -1.16. The zero-order valence-electron chi connectivity index (χ0n) is 15.0. The monoisotopic (exact) mass is 392 g/mol. The van der Waals surface area contributed by atoms with Gasteiger partial charge < -0.3 is 14.3 Å². The Labute approximate surface area is 186 Å². The first kappa shape index (κ1) is 23.9. The third-order valence-corrected chi connectivity index (χ3v) is 4.64. The molecule has 2 rings (SSSR count). The van der Waals surface area contributed by atoms with Crippen LogP contribution >= 0.6 is 0 Å². The Morgan fingerprint density at radius 3 is 1.25 bits per heavy atom. The van der Waals surface area contributed by atoms with Gasteiger partial charge in [-0.1, -0.05) is 12.1 Å². The maximum Gasteiger partial charge on any atom is 1.00 e. The molecule has 2 aromatic rings. The zero-order valence-corrected chi connectivity index (χ0v) is 18.6. The molecule has 0 atom stereocenters.